The second kappa shape index (κ2) is 10.4. The van der Waals surface area contributed by atoms with Gasteiger partial charge in [-0.2, -0.15) is 0 Å². The smallest absolute Gasteiger partial charge is 0.272 e. The molecule has 5 rings (SSSR count). The summed E-state index contributed by atoms with van der Waals surface area (Å²) < 4.78 is 2.31. The molecule has 0 fully saturated rings. The lowest BCUT2D eigenvalue weighted by atomic mass is 10.0. The van der Waals surface area contributed by atoms with Crippen molar-refractivity contribution in [2.75, 3.05) is 5.75 Å². The van der Waals surface area contributed by atoms with Crippen LogP contribution in [0, 0.1) is 0 Å². The van der Waals surface area contributed by atoms with Gasteiger partial charge in [0.05, 0.1) is 11.3 Å². The van der Waals surface area contributed by atoms with Crippen LogP contribution in [0.5, 0.6) is 0 Å². The molecule has 0 spiro atoms. The van der Waals surface area contributed by atoms with E-state index in [0.717, 1.165) is 21.3 Å². The van der Waals surface area contributed by atoms with Crippen molar-refractivity contribution in [3.05, 3.63) is 100 Å². The van der Waals surface area contributed by atoms with E-state index in [-0.39, 0.29) is 23.1 Å². The highest BCUT2D eigenvalue weighted by atomic mass is 32.2. The summed E-state index contributed by atoms with van der Waals surface area (Å²) in [5.41, 5.74) is 2.75. The van der Waals surface area contributed by atoms with Crippen LogP contribution in [-0.2, 0) is 17.9 Å². The topological polar surface area (TPSA) is 76.9 Å². The molecule has 0 saturated heterocycles. The van der Waals surface area contributed by atoms with E-state index < -0.39 is 0 Å². The largest absolute Gasteiger partial charge is 0.351 e. The van der Waals surface area contributed by atoms with Crippen LogP contribution >= 0.6 is 23.1 Å². The Hall–Kier alpha value is -3.49. The number of thiophene rings is 1. The number of nitrogens with one attached hydrogen (secondary N) is 1. The van der Waals surface area contributed by atoms with Crippen molar-refractivity contribution in [1.29, 1.82) is 0 Å². The Morgan fingerprint density at radius 1 is 1.06 bits per heavy atom. The predicted octanol–water partition coefficient (Wildman–Crippen LogP) is 5.22. The summed E-state index contributed by atoms with van der Waals surface area (Å²) in [6, 6.07) is 23.7. The van der Waals surface area contributed by atoms with Gasteiger partial charge in [-0.1, -0.05) is 79.3 Å². The molecule has 3 aromatic heterocycles. The standard InChI is InChI=1S/C27H24N4O2S2/c1-18(20-11-6-3-7-12-20)16-31-26(33)24-23(21-13-8-14-28-25(21)35-24)30-27(31)34-17-22(32)29-15-19-9-4-2-5-10-19/h2-14,18H,15-17H2,1H3,(H,29,32)/t18-/m1/s1. The van der Waals surface area contributed by atoms with E-state index in [4.69, 9.17) is 4.98 Å². The summed E-state index contributed by atoms with van der Waals surface area (Å²) >= 11 is 2.66. The zero-order valence-electron chi connectivity index (χ0n) is 19.2. The fourth-order valence-electron chi connectivity index (χ4n) is 3.95. The molecule has 0 bridgehead atoms. The third kappa shape index (κ3) is 5.13. The van der Waals surface area contributed by atoms with Crippen LogP contribution in [0.15, 0.2) is 88.9 Å². The van der Waals surface area contributed by atoms with Gasteiger partial charge in [-0.05, 0) is 29.2 Å². The fraction of sp³-hybridized carbons (Fsp3) is 0.185. The van der Waals surface area contributed by atoms with E-state index in [1.165, 1.54) is 23.1 Å². The molecule has 5 aromatic rings. The lowest BCUT2D eigenvalue weighted by Gasteiger charge is -2.17. The van der Waals surface area contributed by atoms with Crippen molar-refractivity contribution in [2.24, 2.45) is 0 Å². The van der Waals surface area contributed by atoms with Crippen LogP contribution in [0.25, 0.3) is 20.4 Å². The van der Waals surface area contributed by atoms with Crippen molar-refractivity contribution in [3.63, 3.8) is 0 Å². The first kappa shape index (κ1) is 23.3. The molecule has 6 nitrogen and oxygen atoms in total. The maximum Gasteiger partial charge on any atom is 0.272 e. The summed E-state index contributed by atoms with van der Waals surface area (Å²) in [6.45, 7) is 3.03. The molecule has 176 valence electrons. The van der Waals surface area contributed by atoms with E-state index in [2.05, 4.69) is 29.4 Å². The Morgan fingerprint density at radius 3 is 2.57 bits per heavy atom. The molecule has 0 aliphatic carbocycles. The minimum absolute atomic E-state index is 0.0898. The molecule has 0 radical (unpaired) electrons. The van der Waals surface area contributed by atoms with Crippen LogP contribution in [0.1, 0.15) is 24.0 Å². The van der Waals surface area contributed by atoms with Gasteiger partial charge >= 0.3 is 0 Å². The van der Waals surface area contributed by atoms with Crippen LogP contribution in [0.4, 0.5) is 0 Å². The summed E-state index contributed by atoms with van der Waals surface area (Å²) in [4.78, 5) is 36.3. The quantitative estimate of drug-likeness (QED) is 0.234. The number of amides is 1. The Labute approximate surface area is 211 Å². The summed E-state index contributed by atoms with van der Waals surface area (Å²) in [5, 5.41) is 4.36. The highest BCUT2D eigenvalue weighted by Gasteiger charge is 2.19. The maximum atomic E-state index is 13.6. The number of pyridine rings is 1. The van der Waals surface area contributed by atoms with Crippen LogP contribution < -0.4 is 10.9 Å². The zero-order chi connectivity index (χ0) is 24.2. The Bertz CT molecular complexity index is 1530. The van der Waals surface area contributed by atoms with Crippen LogP contribution in [0.3, 0.4) is 0 Å². The van der Waals surface area contributed by atoms with Crippen LogP contribution in [0.2, 0.25) is 0 Å². The normalized spacial score (nSPS) is 12.1. The van der Waals surface area contributed by atoms with Gasteiger partial charge in [-0.15, -0.1) is 11.3 Å². The molecule has 3 heterocycles. The monoisotopic (exact) mass is 500 g/mol. The zero-order valence-corrected chi connectivity index (χ0v) is 20.8. The molecule has 8 heteroatoms. The highest BCUT2D eigenvalue weighted by molar-refractivity contribution is 7.99. The molecule has 1 amide bonds. The number of aromatic nitrogens is 3. The van der Waals surface area contributed by atoms with Gasteiger partial charge in [0.2, 0.25) is 5.91 Å². The number of hydrogen-bond donors (Lipinski definition) is 1. The van der Waals surface area contributed by atoms with Crippen molar-refractivity contribution in [1.82, 2.24) is 19.9 Å². The van der Waals surface area contributed by atoms with Gasteiger partial charge in [0.1, 0.15) is 9.53 Å². The SMILES string of the molecule is C[C@H](Cn1c(SCC(=O)NCc2ccccc2)nc2c(sc3ncccc32)c1=O)c1ccccc1. The minimum atomic E-state index is -0.104. The van der Waals surface area contributed by atoms with Gasteiger partial charge in [0, 0.05) is 24.7 Å². The van der Waals surface area contributed by atoms with Gasteiger partial charge in [-0.25, -0.2) is 9.97 Å². The summed E-state index contributed by atoms with van der Waals surface area (Å²) in [7, 11) is 0. The first-order valence-corrected chi connectivity index (χ1v) is 13.2. The number of nitrogens with zero attached hydrogens (tertiary/aromatic N) is 3. The lowest BCUT2D eigenvalue weighted by Crippen LogP contribution is -2.27. The molecule has 0 aliphatic heterocycles. The fourth-order valence-corrected chi connectivity index (χ4v) is 5.81. The van der Waals surface area contributed by atoms with Crippen molar-refractivity contribution < 1.29 is 4.79 Å². The molecule has 2 aromatic carbocycles. The third-order valence-electron chi connectivity index (χ3n) is 5.81. The van der Waals surface area contributed by atoms with Gasteiger partial charge < -0.3 is 5.32 Å². The summed E-state index contributed by atoms with van der Waals surface area (Å²) in [5.74, 6) is 0.171. The molecule has 1 atom stereocenters. The average Bonchev–Trinajstić information content (AvgIpc) is 3.28. The minimum Gasteiger partial charge on any atom is -0.351 e. The van der Waals surface area contributed by atoms with Gasteiger partial charge in [0.15, 0.2) is 5.16 Å². The number of fused-ring (bicyclic) bond motifs is 3. The average molecular weight is 501 g/mol. The van der Waals surface area contributed by atoms with Crippen molar-refractivity contribution >= 4 is 49.4 Å². The molecule has 0 saturated carbocycles. The number of carbonyl (C=O) groups is 1. The second-order valence-corrected chi connectivity index (χ2v) is 10.3. The molecule has 0 aliphatic rings. The second-order valence-electron chi connectivity index (χ2n) is 8.31. The molecule has 1 N–H and O–H groups in total. The first-order chi connectivity index (χ1) is 17.1. The Kier molecular flexibility index (Phi) is 6.92. The Morgan fingerprint density at radius 2 is 1.80 bits per heavy atom. The number of thioether (sulfide) groups is 1. The number of hydrogen-bond acceptors (Lipinski definition) is 6. The van der Waals surface area contributed by atoms with Gasteiger partial charge in [0.25, 0.3) is 5.56 Å². The van der Waals surface area contributed by atoms with E-state index in [0.29, 0.717) is 28.5 Å². The number of rotatable bonds is 8. The van der Waals surface area contributed by atoms with E-state index in [9.17, 15) is 9.59 Å². The molecule has 0 unspecified atom stereocenters. The number of carbonyl (C=O) groups excluding carboxylic acids is 1. The first-order valence-electron chi connectivity index (χ1n) is 11.4. The number of benzene rings is 2. The van der Waals surface area contributed by atoms with Gasteiger partial charge in [-0.3, -0.25) is 14.2 Å². The van der Waals surface area contributed by atoms with Crippen LogP contribution in [-0.4, -0.2) is 26.2 Å². The third-order valence-corrected chi connectivity index (χ3v) is 7.87. The van der Waals surface area contributed by atoms with Crippen molar-refractivity contribution in [2.45, 2.75) is 31.1 Å². The van der Waals surface area contributed by atoms with E-state index >= 15 is 0 Å². The highest BCUT2D eigenvalue weighted by Crippen LogP contribution is 2.31. The predicted molar refractivity (Wildman–Crippen MR) is 143 cm³/mol. The van der Waals surface area contributed by atoms with Crippen molar-refractivity contribution in [3.8, 4) is 0 Å². The molecule has 35 heavy (non-hydrogen) atoms. The van der Waals surface area contributed by atoms with E-state index in [1.807, 2.05) is 60.7 Å². The molecular formula is C27H24N4O2S2. The lowest BCUT2D eigenvalue weighted by molar-refractivity contribution is -0.118. The maximum absolute atomic E-state index is 13.6. The Balaban J connectivity index is 1.45. The summed E-state index contributed by atoms with van der Waals surface area (Å²) in [6.07, 6.45) is 1.72. The molecular weight excluding hydrogens is 476 g/mol. The van der Waals surface area contributed by atoms with E-state index in [1.54, 1.807) is 10.8 Å².